The van der Waals surface area contributed by atoms with Crippen LogP contribution in [-0.4, -0.2) is 84.7 Å². The molecule has 3 aliphatic heterocycles. The third kappa shape index (κ3) is 6.57. The molecule has 6 aromatic rings. The van der Waals surface area contributed by atoms with Crippen molar-refractivity contribution < 1.29 is 14.0 Å². The fourth-order valence-corrected chi connectivity index (χ4v) is 8.38. The SMILES string of the molecule is Cn1c(=O)n(C2CCC(=O)NC2=O)c2cccc(C#CCCN3CCN(c4cccc(-c5cnc6ccc(N7CCCC7c7cccc(F)c7)nn56)n4)CC3)c21. The highest BCUT2D eigenvalue weighted by atomic mass is 19.1. The monoisotopic (exact) mass is 752 g/mol. The third-order valence-electron chi connectivity index (χ3n) is 11.2. The van der Waals surface area contributed by atoms with E-state index in [1.54, 1.807) is 19.2 Å². The first-order chi connectivity index (χ1) is 27.3. The van der Waals surface area contributed by atoms with Gasteiger partial charge in [0.15, 0.2) is 5.65 Å². The van der Waals surface area contributed by atoms with Crippen LogP contribution in [0.2, 0.25) is 0 Å². The molecule has 56 heavy (non-hydrogen) atoms. The van der Waals surface area contributed by atoms with Gasteiger partial charge in [0.2, 0.25) is 11.8 Å². The molecule has 284 valence electrons. The molecule has 1 N–H and O–H groups in total. The van der Waals surface area contributed by atoms with Gasteiger partial charge in [-0.1, -0.05) is 36.1 Å². The van der Waals surface area contributed by atoms with Gasteiger partial charge in [-0.3, -0.25) is 28.9 Å². The molecule has 14 heteroatoms. The molecule has 2 atom stereocenters. The number of imide groups is 1. The van der Waals surface area contributed by atoms with Crippen molar-refractivity contribution in [3.05, 3.63) is 106 Å². The molecule has 4 aromatic heterocycles. The van der Waals surface area contributed by atoms with Crippen LogP contribution in [0.15, 0.2) is 83.8 Å². The number of para-hydroxylation sites is 1. The zero-order chi connectivity index (χ0) is 38.3. The van der Waals surface area contributed by atoms with E-state index in [9.17, 15) is 18.8 Å². The van der Waals surface area contributed by atoms with Gasteiger partial charge < -0.3 is 9.80 Å². The van der Waals surface area contributed by atoms with Crippen molar-refractivity contribution in [2.75, 3.05) is 49.1 Å². The van der Waals surface area contributed by atoms with Crippen LogP contribution >= 0.6 is 0 Å². The summed E-state index contributed by atoms with van der Waals surface area (Å²) in [6.45, 7) is 5.05. The number of halogens is 1. The number of hydrogen-bond donors (Lipinski definition) is 1. The normalized spacial score (nSPS) is 19.1. The number of benzene rings is 2. The van der Waals surface area contributed by atoms with E-state index in [4.69, 9.17) is 10.1 Å². The second-order valence-electron chi connectivity index (χ2n) is 14.6. The number of aromatic nitrogens is 6. The molecule has 3 aliphatic rings. The van der Waals surface area contributed by atoms with Gasteiger partial charge in [-0.05, 0) is 73.4 Å². The maximum absolute atomic E-state index is 14.1. The molecule has 7 heterocycles. The molecular formula is C42H41FN10O3. The van der Waals surface area contributed by atoms with E-state index in [1.807, 2.05) is 65.3 Å². The number of nitrogens with zero attached hydrogens (tertiary/aromatic N) is 9. The number of imidazole rings is 2. The van der Waals surface area contributed by atoms with E-state index in [0.717, 1.165) is 91.9 Å². The molecule has 9 rings (SSSR count). The van der Waals surface area contributed by atoms with Crippen molar-refractivity contribution in [1.29, 1.82) is 0 Å². The summed E-state index contributed by atoms with van der Waals surface area (Å²) >= 11 is 0. The summed E-state index contributed by atoms with van der Waals surface area (Å²) in [5.41, 5.74) is 5.03. The number of piperazine rings is 1. The average Bonchev–Trinajstić information content (AvgIpc) is 3.94. The number of piperidine rings is 1. The van der Waals surface area contributed by atoms with Gasteiger partial charge in [0.25, 0.3) is 0 Å². The van der Waals surface area contributed by atoms with E-state index in [1.165, 1.54) is 15.2 Å². The first kappa shape index (κ1) is 35.4. The Morgan fingerprint density at radius 1 is 0.893 bits per heavy atom. The Morgan fingerprint density at radius 3 is 2.57 bits per heavy atom. The predicted molar refractivity (Wildman–Crippen MR) is 211 cm³/mol. The lowest BCUT2D eigenvalue weighted by Gasteiger charge is -2.35. The van der Waals surface area contributed by atoms with Crippen molar-refractivity contribution in [2.24, 2.45) is 7.05 Å². The van der Waals surface area contributed by atoms with Crippen molar-refractivity contribution in [1.82, 2.24) is 38.9 Å². The van der Waals surface area contributed by atoms with E-state index in [-0.39, 0.29) is 36.3 Å². The average molecular weight is 753 g/mol. The minimum absolute atomic E-state index is 0.0632. The lowest BCUT2D eigenvalue weighted by atomic mass is 10.0. The number of nitrogens with one attached hydrogen (secondary N) is 1. The van der Waals surface area contributed by atoms with E-state index in [0.29, 0.717) is 17.5 Å². The van der Waals surface area contributed by atoms with Gasteiger partial charge in [0.05, 0.1) is 34.5 Å². The van der Waals surface area contributed by atoms with E-state index >= 15 is 0 Å². The molecule has 0 radical (unpaired) electrons. The number of pyridine rings is 1. The topological polar surface area (TPSA) is 126 Å². The summed E-state index contributed by atoms with van der Waals surface area (Å²) < 4.78 is 19.0. The molecule has 2 amide bonds. The highest BCUT2D eigenvalue weighted by Crippen LogP contribution is 2.36. The summed E-state index contributed by atoms with van der Waals surface area (Å²) in [7, 11) is 1.69. The van der Waals surface area contributed by atoms with Gasteiger partial charge >= 0.3 is 5.69 Å². The minimum Gasteiger partial charge on any atom is -0.354 e. The quantitative estimate of drug-likeness (QED) is 0.186. The molecule has 13 nitrogen and oxygen atoms in total. The van der Waals surface area contributed by atoms with Crippen LogP contribution in [0.3, 0.4) is 0 Å². The Balaban J connectivity index is 0.850. The number of amides is 2. The van der Waals surface area contributed by atoms with Crippen LogP contribution in [0.1, 0.15) is 55.3 Å². The summed E-state index contributed by atoms with van der Waals surface area (Å²) in [6, 6.07) is 21.8. The Hall–Kier alpha value is -6.33. The van der Waals surface area contributed by atoms with Crippen molar-refractivity contribution in [3.63, 3.8) is 0 Å². The fourth-order valence-electron chi connectivity index (χ4n) is 8.38. The van der Waals surface area contributed by atoms with Crippen molar-refractivity contribution in [2.45, 2.75) is 44.2 Å². The number of carbonyl (C=O) groups is 2. The van der Waals surface area contributed by atoms with Gasteiger partial charge in [0, 0.05) is 59.2 Å². The minimum atomic E-state index is -0.733. The Morgan fingerprint density at radius 2 is 1.73 bits per heavy atom. The molecule has 0 aliphatic carbocycles. The Bertz CT molecular complexity index is 2610. The molecule has 2 aromatic carbocycles. The van der Waals surface area contributed by atoms with E-state index < -0.39 is 11.9 Å². The lowest BCUT2D eigenvalue weighted by Crippen LogP contribution is -2.46. The maximum Gasteiger partial charge on any atom is 0.329 e. The zero-order valence-electron chi connectivity index (χ0n) is 31.1. The molecule has 3 fully saturated rings. The number of hydrogen-bond acceptors (Lipinski definition) is 9. The highest BCUT2D eigenvalue weighted by molar-refractivity contribution is 6.00. The van der Waals surface area contributed by atoms with Crippen LogP contribution in [0, 0.1) is 17.7 Å². The first-order valence-electron chi connectivity index (χ1n) is 19.2. The van der Waals surface area contributed by atoms with Crippen molar-refractivity contribution in [3.8, 4) is 23.2 Å². The fraction of sp³-hybridized carbons (Fsp3) is 0.333. The maximum atomic E-state index is 14.1. The van der Waals surface area contributed by atoms with Gasteiger partial charge in [-0.2, -0.15) is 0 Å². The summed E-state index contributed by atoms with van der Waals surface area (Å²) in [6.07, 6.45) is 4.91. The molecular weight excluding hydrogens is 712 g/mol. The summed E-state index contributed by atoms with van der Waals surface area (Å²) in [5.74, 6) is 7.32. The Labute approximate surface area is 322 Å². The molecule has 2 unspecified atom stereocenters. The van der Waals surface area contributed by atoms with Crippen LogP contribution in [-0.2, 0) is 16.6 Å². The van der Waals surface area contributed by atoms with Crippen LogP contribution in [0.25, 0.3) is 28.1 Å². The van der Waals surface area contributed by atoms with Gasteiger partial charge in [0.1, 0.15) is 29.2 Å². The summed E-state index contributed by atoms with van der Waals surface area (Å²) in [5, 5.41) is 7.38. The number of rotatable bonds is 7. The standard InChI is InChI=1S/C42H41FN10O3/c1-48-40-28(9-5-13-33(40)52(42(48)56)34-16-19-39(54)46-41(34)55)8-2-3-20-49-22-24-50(25-23-49)37-15-6-12-31(45-37)35-27-44-36-17-18-38(47-53(35)36)51-21-7-14-32(51)29-10-4-11-30(43)26-29/h4-6,9-13,15,17-18,26-27,32,34H,3,7,14,16,19-25H2,1H3,(H,46,54,55). The van der Waals surface area contributed by atoms with Crippen molar-refractivity contribution >= 4 is 40.1 Å². The third-order valence-corrected chi connectivity index (χ3v) is 11.2. The zero-order valence-corrected chi connectivity index (χ0v) is 31.1. The van der Waals surface area contributed by atoms with Crippen LogP contribution in [0.4, 0.5) is 16.0 Å². The second-order valence-corrected chi connectivity index (χ2v) is 14.6. The Kier molecular flexibility index (Phi) is 9.30. The predicted octanol–water partition coefficient (Wildman–Crippen LogP) is 4.47. The number of carbonyl (C=O) groups excluding carboxylic acids is 2. The molecule has 3 saturated heterocycles. The largest absolute Gasteiger partial charge is 0.354 e. The van der Waals surface area contributed by atoms with E-state index in [2.05, 4.69) is 36.8 Å². The molecule has 0 spiro atoms. The number of aryl methyl sites for hydroxylation is 1. The van der Waals surface area contributed by atoms with Crippen LogP contribution < -0.4 is 20.8 Å². The smallest absolute Gasteiger partial charge is 0.329 e. The van der Waals surface area contributed by atoms with Gasteiger partial charge in [-0.15, -0.1) is 5.10 Å². The number of anilines is 2. The highest BCUT2D eigenvalue weighted by Gasteiger charge is 2.32. The molecule has 0 bridgehead atoms. The lowest BCUT2D eigenvalue weighted by molar-refractivity contribution is -0.135. The van der Waals surface area contributed by atoms with Gasteiger partial charge in [-0.25, -0.2) is 23.7 Å². The first-order valence-corrected chi connectivity index (χ1v) is 19.2. The second kappa shape index (κ2) is 14.7. The summed E-state index contributed by atoms with van der Waals surface area (Å²) in [4.78, 5) is 54.2. The van der Waals surface area contributed by atoms with Crippen LogP contribution in [0.5, 0.6) is 0 Å². The molecule has 0 saturated carbocycles. The number of fused-ring (bicyclic) bond motifs is 2.